The summed E-state index contributed by atoms with van der Waals surface area (Å²) in [7, 11) is 0. The second-order valence-electron chi connectivity index (χ2n) is 6.25. The lowest BCUT2D eigenvalue weighted by atomic mass is 10.2. The summed E-state index contributed by atoms with van der Waals surface area (Å²) in [5.41, 5.74) is 3.59. The monoisotopic (exact) mass is 388 g/mol. The number of oxazole rings is 1. The zero-order chi connectivity index (χ0) is 19.9. The molecule has 2 aromatic carbocycles. The summed E-state index contributed by atoms with van der Waals surface area (Å²) in [6.45, 7) is 1.77. The van der Waals surface area contributed by atoms with Crippen LogP contribution in [0.4, 0.5) is 13.2 Å². The Labute approximate surface area is 157 Å². The van der Waals surface area contributed by atoms with Gasteiger partial charge in [-0.1, -0.05) is 12.1 Å². The van der Waals surface area contributed by atoms with Gasteiger partial charge in [-0.15, -0.1) is 0 Å². The van der Waals surface area contributed by atoms with Crippen molar-refractivity contribution in [3.05, 3.63) is 48.3 Å². The predicted octanol–water partition coefficient (Wildman–Crippen LogP) is 3.83. The van der Waals surface area contributed by atoms with Crippen LogP contribution in [0.25, 0.3) is 33.6 Å². The first-order valence-corrected chi connectivity index (χ1v) is 8.51. The number of carbonyl (C=O) groups excluding carboxylic acids is 1. The molecule has 4 aromatic rings. The maximum absolute atomic E-state index is 12.3. The van der Waals surface area contributed by atoms with Crippen LogP contribution in [0, 0.1) is 6.92 Å². The van der Waals surface area contributed by atoms with E-state index in [2.05, 4.69) is 9.97 Å². The van der Waals surface area contributed by atoms with Crippen LogP contribution in [0.1, 0.15) is 5.82 Å². The lowest BCUT2D eigenvalue weighted by Gasteiger charge is -2.10. The third-order valence-corrected chi connectivity index (χ3v) is 4.36. The van der Waals surface area contributed by atoms with Crippen LogP contribution in [0.15, 0.2) is 46.9 Å². The molecule has 144 valence electrons. The summed E-state index contributed by atoms with van der Waals surface area (Å²) in [5, 5.41) is 1.87. The van der Waals surface area contributed by atoms with E-state index in [-0.39, 0.29) is 13.1 Å². The number of nitrogens with one attached hydrogen (secondary N) is 1. The number of imidazole rings is 1. The summed E-state index contributed by atoms with van der Waals surface area (Å²) in [6.07, 6.45) is -4.89. The van der Waals surface area contributed by atoms with Crippen LogP contribution in [0.3, 0.4) is 0 Å². The highest BCUT2D eigenvalue weighted by Crippen LogP contribution is 2.27. The fourth-order valence-corrected chi connectivity index (χ4v) is 3.04. The van der Waals surface area contributed by atoms with Gasteiger partial charge < -0.3 is 14.3 Å². The number of hydrogen-bond donors (Lipinski definition) is 1. The van der Waals surface area contributed by atoms with Crippen molar-refractivity contribution in [2.45, 2.75) is 19.6 Å². The highest BCUT2D eigenvalue weighted by Gasteiger charge is 2.38. The zero-order valence-electron chi connectivity index (χ0n) is 14.7. The maximum Gasteiger partial charge on any atom is 0.471 e. The van der Waals surface area contributed by atoms with Gasteiger partial charge in [0.05, 0.1) is 11.0 Å². The molecule has 0 aliphatic heterocycles. The molecule has 0 radical (unpaired) electrons. The highest BCUT2D eigenvalue weighted by molar-refractivity contribution is 5.83. The Morgan fingerprint density at radius 3 is 2.68 bits per heavy atom. The number of benzene rings is 2. The van der Waals surface area contributed by atoms with Gasteiger partial charge in [0.1, 0.15) is 11.3 Å². The number of alkyl halides is 3. The van der Waals surface area contributed by atoms with E-state index in [9.17, 15) is 18.0 Å². The quantitative estimate of drug-likeness (QED) is 0.577. The molecule has 6 nitrogen and oxygen atoms in total. The molecule has 1 N–H and O–H groups in total. The van der Waals surface area contributed by atoms with Crippen molar-refractivity contribution >= 4 is 28.0 Å². The summed E-state index contributed by atoms with van der Waals surface area (Å²) in [4.78, 5) is 19.9. The van der Waals surface area contributed by atoms with Crippen molar-refractivity contribution in [1.82, 2.24) is 19.9 Å². The van der Waals surface area contributed by atoms with Crippen molar-refractivity contribution in [3.8, 4) is 11.5 Å². The second kappa shape index (κ2) is 6.66. The minimum Gasteiger partial charge on any atom is -0.436 e. The van der Waals surface area contributed by atoms with Crippen molar-refractivity contribution < 1.29 is 22.4 Å². The third kappa shape index (κ3) is 3.30. The van der Waals surface area contributed by atoms with Crippen LogP contribution in [-0.2, 0) is 11.3 Å². The van der Waals surface area contributed by atoms with Gasteiger partial charge in [-0.25, -0.2) is 9.97 Å². The van der Waals surface area contributed by atoms with Gasteiger partial charge in [-0.2, -0.15) is 13.2 Å². The summed E-state index contributed by atoms with van der Waals surface area (Å²) in [5.74, 6) is -0.855. The molecule has 0 aliphatic carbocycles. The van der Waals surface area contributed by atoms with Gasteiger partial charge in [0.15, 0.2) is 5.58 Å². The molecular weight excluding hydrogens is 373 g/mol. The normalized spacial score (nSPS) is 12.0. The number of rotatable bonds is 4. The molecule has 0 saturated carbocycles. The minimum atomic E-state index is -4.89. The number of para-hydroxylation sites is 2. The van der Waals surface area contributed by atoms with Gasteiger partial charge in [0, 0.05) is 18.7 Å². The van der Waals surface area contributed by atoms with E-state index in [1.165, 1.54) is 0 Å². The molecule has 0 bridgehead atoms. The van der Waals surface area contributed by atoms with Crippen molar-refractivity contribution in [2.24, 2.45) is 0 Å². The smallest absolute Gasteiger partial charge is 0.436 e. The number of hydrogen-bond acceptors (Lipinski definition) is 4. The van der Waals surface area contributed by atoms with Crippen molar-refractivity contribution in [2.75, 3.05) is 6.54 Å². The number of nitrogens with zero attached hydrogens (tertiary/aromatic N) is 3. The van der Waals surface area contributed by atoms with Crippen LogP contribution in [0.5, 0.6) is 0 Å². The first kappa shape index (κ1) is 18.0. The van der Waals surface area contributed by atoms with E-state index < -0.39 is 12.1 Å². The summed E-state index contributed by atoms with van der Waals surface area (Å²) >= 11 is 0. The molecule has 0 saturated heterocycles. The van der Waals surface area contributed by atoms with Gasteiger partial charge >= 0.3 is 12.1 Å². The van der Waals surface area contributed by atoms with Crippen LogP contribution >= 0.6 is 0 Å². The Morgan fingerprint density at radius 1 is 1.14 bits per heavy atom. The van der Waals surface area contributed by atoms with Crippen LogP contribution in [-0.4, -0.2) is 33.2 Å². The molecule has 0 unspecified atom stereocenters. The zero-order valence-corrected chi connectivity index (χ0v) is 14.7. The van der Waals surface area contributed by atoms with Crippen LogP contribution in [0.2, 0.25) is 0 Å². The number of fused-ring (bicyclic) bond motifs is 2. The fraction of sp³-hybridized carbons (Fsp3) is 0.211. The highest BCUT2D eigenvalue weighted by atomic mass is 19.4. The predicted molar refractivity (Wildman–Crippen MR) is 96.5 cm³/mol. The molecule has 0 fully saturated rings. The Kier molecular flexibility index (Phi) is 4.29. The van der Waals surface area contributed by atoms with Crippen LogP contribution < -0.4 is 5.32 Å². The molecule has 28 heavy (non-hydrogen) atoms. The van der Waals surface area contributed by atoms with Crippen molar-refractivity contribution in [1.29, 1.82) is 0 Å². The molecule has 2 aromatic heterocycles. The third-order valence-electron chi connectivity index (χ3n) is 4.36. The van der Waals surface area contributed by atoms with E-state index >= 15 is 0 Å². The molecule has 0 atom stereocenters. The van der Waals surface area contributed by atoms with Gasteiger partial charge in [-0.3, -0.25) is 4.79 Å². The summed E-state index contributed by atoms with van der Waals surface area (Å²) < 4.78 is 44.4. The minimum absolute atomic E-state index is 0.155. The standard InChI is InChI=1S/C19H15F3N4O2/c1-11-24-14-10-12(17-25-13-4-2-3-5-16(13)28-17)6-7-15(14)26(11)9-8-23-18(27)19(20,21)22/h2-7,10H,8-9H2,1H3,(H,23,27). The number of carbonyl (C=O) groups is 1. The van der Waals surface area contributed by atoms with Gasteiger partial charge in [0.25, 0.3) is 0 Å². The van der Waals surface area contributed by atoms with E-state index in [4.69, 9.17) is 4.42 Å². The van der Waals surface area contributed by atoms with Gasteiger partial charge in [-0.05, 0) is 37.3 Å². The lowest BCUT2D eigenvalue weighted by Crippen LogP contribution is -2.38. The van der Waals surface area contributed by atoms with E-state index in [0.717, 1.165) is 16.6 Å². The molecule has 0 aliphatic rings. The van der Waals surface area contributed by atoms with E-state index in [1.807, 2.05) is 47.8 Å². The van der Waals surface area contributed by atoms with Crippen molar-refractivity contribution in [3.63, 3.8) is 0 Å². The number of halogens is 3. The fourth-order valence-electron chi connectivity index (χ4n) is 3.04. The average Bonchev–Trinajstić information content (AvgIpc) is 3.21. The lowest BCUT2D eigenvalue weighted by molar-refractivity contribution is -0.173. The number of amides is 1. The first-order valence-electron chi connectivity index (χ1n) is 8.51. The first-order chi connectivity index (χ1) is 13.3. The Morgan fingerprint density at radius 2 is 1.93 bits per heavy atom. The second-order valence-corrected chi connectivity index (χ2v) is 6.25. The molecule has 9 heteroatoms. The number of aromatic nitrogens is 3. The van der Waals surface area contributed by atoms with E-state index in [1.54, 1.807) is 11.5 Å². The molecular formula is C19H15F3N4O2. The Balaban J connectivity index is 1.59. The SMILES string of the molecule is Cc1nc2cc(-c3nc4ccccc4o3)ccc2n1CCNC(=O)C(F)(F)F. The maximum atomic E-state index is 12.3. The molecule has 1 amide bonds. The Hall–Kier alpha value is -3.36. The Bertz CT molecular complexity index is 1140. The number of aryl methyl sites for hydroxylation is 1. The molecule has 0 spiro atoms. The largest absolute Gasteiger partial charge is 0.471 e. The molecule has 2 heterocycles. The van der Waals surface area contributed by atoms with E-state index in [0.29, 0.717) is 22.8 Å². The molecule has 4 rings (SSSR count). The topological polar surface area (TPSA) is 73.0 Å². The average molecular weight is 388 g/mol. The summed E-state index contributed by atoms with van der Waals surface area (Å²) in [6, 6.07) is 12.9. The van der Waals surface area contributed by atoms with Gasteiger partial charge in [0.2, 0.25) is 5.89 Å².